The van der Waals surface area contributed by atoms with Crippen molar-refractivity contribution in [1.82, 2.24) is 24.8 Å². The number of amides is 1. The average molecular weight is 557 g/mol. The molecule has 0 unspecified atom stereocenters. The molecule has 0 atom stereocenters. The molecule has 0 aromatic carbocycles. The molecule has 168 valence electrons. The van der Waals surface area contributed by atoms with E-state index in [4.69, 9.17) is 5.73 Å². The van der Waals surface area contributed by atoms with Crippen LogP contribution >= 0.6 is 35.3 Å². The number of hydrogen-bond donors (Lipinski definition) is 1. The molecule has 2 N–H and O–H groups in total. The smallest absolute Gasteiger partial charge is 0.225 e. The van der Waals surface area contributed by atoms with E-state index in [1.54, 1.807) is 29.8 Å². The van der Waals surface area contributed by atoms with Crippen LogP contribution in [0, 0.1) is 0 Å². The normalized spacial score (nSPS) is 17.5. The monoisotopic (exact) mass is 557 g/mol. The molecule has 12 heteroatoms. The van der Waals surface area contributed by atoms with Crippen molar-refractivity contribution in [3.05, 3.63) is 30.0 Å². The number of thiazole rings is 1. The van der Waals surface area contributed by atoms with Gasteiger partial charge in [0.05, 0.1) is 6.54 Å². The zero-order valence-corrected chi connectivity index (χ0v) is 20.5. The Hall–Kier alpha value is -2.22. The van der Waals surface area contributed by atoms with Crippen LogP contribution in [0.2, 0.25) is 0 Å². The number of hydrogen-bond acceptors (Lipinski definition) is 8. The third-order valence-corrected chi connectivity index (χ3v) is 6.19. The molecule has 0 aliphatic carbocycles. The van der Waals surface area contributed by atoms with Crippen LogP contribution in [0.25, 0.3) is 0 Å². The summed E-state index contributed by atoms with van der Waals surface area (Å²) >= 11 is 1.65. The molecule has 0 radical (unpaired) electrons. The Labute approximate surface area is 203 Å². The molecule has 4 rings (SSSR count). The molecular formula is C19H28IN9OS. The van der Waals surface area contributed by atoms with Gasteiger partial charge in [-0.3, -0.25) is 9.79 Å². The summed E-state index contributed by atoms with van der Waals surface area (Å²) < 4.78 is 0. The van der Waals surface area contributed by atoms with Crippen molar-refractivity contribution < 1.29 is 4.79 Å². The van der Waals surface area contributed by atoms with Gasteiger partial charge < -0.3 is 25.3 Å². The molecule has 10 nitrogen and oxygen atoms in total. The van der Waals surface area contributed by atoms with E-state index in [9.17, 15) is 4.79 Å². The summed E-state index contributed by atoms with van der Waals surface area (Å²) in [4.78, 5) is 38.2. The van der Waals surface area contributed by atoms with E-state index in [1.165, 1.54) is 0 Å². The molecule has 4 heterocycles. The number of aliphatic imine (C=N–C) groups is 1. The first-order valence-corrected chi connectivity index (χ1v) is 11.1. The third kappa shape index (κ3) is 6.15. The number of nitrogens with two attached hydrogens (primary N) is 1. The van der Waals surface area contributed by atoms with Gasteiger partial charge in [-0.05, 0) is 6.07 Å². The number of piperazine rings is 2. The van der Waals surface area contributed by atoms with E-state index in [0.29, 0.717) is 32.0 Å². The van der Waals surface area contributed by atoms with Crippen molar-refractivity contribution in [1.29, 1.82) is 0 Å². The van der Waals surface area contributed by atoms with E-state index in [0.717, 1.165) is 50.3 Å². The van der Waals surface area contributed by atoms with Crippen LogP contribution in [-0.4, -0.2) is 95.5 Å². The van der Waals surface area contributed by atoms with Crippen LogP contribution in [0.5, 0.6) is 0 Å². The second-order valence-corrected chi connectivity index (χ2v) is 8.07. The first kappa shape index (κ1) is 23.4. The predicted octanol–water partition coefficient (Wildman–Crippen LogP) is 0.727. The van der Waals surface area contributed by atoms with Gasteiger partial charge in [-0.25, -0.2) is 15.0 Å². The fourth-order valence-electron chi connectivity index (χ4n) is 3.63. The standard InChI is InChI=1S/C19H27N9OS.HI/c20-17(26-9-13-28(14-10-26)19-24-6-15-30-19)21-5-2-16(29)25-7-11-27(12-8-25)18-22-3-1-4-23-18;/h1,3-4,6,15H,2,5,7-14H2,(H2,20,21);1H. The molecule has 0 saturated carbocycles. The van der Waals surface area contributed by atoms with Crippen LogP contribution < -0.4 is 15.5 Å². The Morgan fingerprint density at radius 3 is 2.23 bits per heavy atom. The number of guanidine groups is 1. The number of rotatable bonds is 5. The van der Waals surface area contributed by atoms with Gasteiger partial charge in [-0.15, -0.1) is 35.3 Å². The summed E-state index contributed by atoms with van der Waals surface area (Å²) in [5.74, 6) is 1.36. The molecule has 2 fully saturated rings. The SMILES string of the molecule is I.NC(=NCCC(=O)N1CCN(c2ncccn2)CC1)N1CCN(c2nccs2)CC1. The number of halogens is 1. The Kier molecular flexibility index (Phi) is 8.63. The Bertz CT molecular complexity index is 835. The quantitative estimate of drug-likeness (QED) is 0.326. The van der Waals surface area contributed by atoms with E-state index < -0.39 is 0 Å². The first-order chi connectivity index (χ1) is 14.7. The van der Waals surface area contributed by atoms with Gasteiger partial charge >= 0.3 is 0 Å². The highest BCUT2D eigenvalue weighted by atomic mass is 127. The zero-order valence-electron chi connectivity index (χ0n) is 17.3. The predicted molar refractivity (Wildman–Crippen MR) is 133 cm³/mol. The largest absolute Gasteiger partial charge is 0.370 e. The van der Waals surface area contributed by atoms with Gasteiger partial charge in [-0.2, -0.15) is 0 Å². The lowest BCUT2D eigenvalue weighted by Gasteiger charge is -2.35. The maximum Gasteiger partial charge on any atom is 0.225 e. The molecule has 1 amide bonds. The Morgan fingerprint density at radius 1 is 0.935 bits per heavy atom. The molecule has 2 aliphatic heterocycles. The van der Waals surface area contributed by atoms with Crippen LogP contribution in [0.15, 0.2) is 35.0 Å². The van der Waals surface area contributed by atoms with Crippen molar-refractivity contribution in [2.75, 3.05) is 68.7 Å². The first-order valence-electron chi connectivity index (χ1n) is 10.2. The van der Waals surface area contributed by atoms with Gasteiger partial charge in [0, 0.05) is 82.7 Å². The van der Waals surface area contributed by atoms with Gasteiger partial charge in [0.25, 0.3) is 0 Å². The molecule has 31 heavy (non-hydrogen) atoms. The number of nitrogens with zero attached hydrogens (tertiary/aromatic N) is 8. The highest BCUT2D eigenvalue weighted by Crippen LogP contribution is 2.18. The summed E-state index contributed by atoms with van der Waals surface area (Å²) in [6.45, 7) is 6.62. The topological polar surface area (TPSA) is 107 Å². The summed E-state index contributed by atoms with van der Waals surface area (Å²) in [6, 6.07) is 1.80. The number of aromatic nitrogens is 3. The van der Waals surface area contributed by atoms with Crippen molar-refractivity contribution in [2.45, 2.75) is 6.42 Å². The fourth-order valence-corrected chi connectivity index (χ4v) is 4.33. The van der Waals surface area contributed by atoms with Gasteiger partial charge in [0.1, 0.15) is 0 Å². The highest BCUT2D eigenvalue weighted by Gasteiger charge is 2.23. The Morgan fingerprint density at radius 2 is 1.58 bits per heavy atom. The summed E-state index contributed by atoms with van der Waals surface area (Å²) in [5.41, 5.74) is 6.16. The van der Waals surface area contributed by atoms with E-state index in [-0.39, 0.29) is 29.9 Å². The third-order valence-electron chi connectivity index (χ3n) is 5.36. The van der Waals surface area contributed by atoms with Gasteiger partial charge in [-0.1, -0.05) is 0 Å². The average Bonchev–Trinajstić information content (AvgIpc) is 3.35. The van der Waals surface area contributed by atoms with Crippen LogP contribution in [-0.2, 0) is 4.79 Å². The van der Waals surface area contributed by atoms with E-state index in [1.807, 2.05) is 16.5 Å². The summed E-state index contributed by atoms with van der Waals surface area (Å²) in [5, 5.41) is 3.04. The zero-order chi connectivity index (χ0) is 20.8. The van der Waals surface area contributed by atoms with E-state index >= 15 is 0 Å². The van der Waals surface area contributed by atoms with Crippen molar-refractivity contribution in [2.24, 2.45) is 10.7 Å². The second-order valence-electron chi connectivity index (χ2n) is 7.20. The molecular weight excluding hydrogens is 529 g/mol. The van der Waals surface area contributed by atoms with Crippen LogP contribution in [0.4, 0.5) is 11.1 Å². The van der Waals surface area contributed by atoms with Crippen LogP contribution in [0.3, 0.4) is 0 Å². The van der Waals surface area contributed by atoms with Crippen molar-refractivity contribution in [3.63, 3.8) is 0 Å². The lowest BCUT2D eigenvalue weighted by Crippen LogP contribution is -2.51. The minimum atomic E-state index is 0. The minimum absolute atomic E-state index is 0. The van der Waals surface area contributed by atoms with E-state index in [2.05, 4.69) is 34.6 Å². The molecule has 2 aliphatic rings. The Balaban J connectivity index is 0.00000272. The molecule has 2 aromatic heterocycles. The maximum absolute atomic E-state index is 12.5. The molecule has 0 bridgehead atoms. The molecule has 0 spiro atoms. The number of carbonyl (C=O) groups is 1. The summed E-state index contributed by atoms with van der Waals surface area (Å²) in [6.07, 6.45) is 5.68. The van der Waals surface area contributed by atoms with Gasteiger partial charge in [0.2, 0.25) is 11.9 Å². The van der Waals surface area contributed by atoms with Crippen molar-refractivity contribution >= 4 is 58.3 Å². The molecule has 2 saturated heterocycles. The number of carbonyl (C=O) groups excluding carboxylic acids is 1. The molecule has 2 aromatic rings. The fraction of sp³-hybridized carbons (Fsp3) is 0.526. The maximum atomic E-state index is 12.5. The van der Waals surface area contributed by atoms with Crippen molar-refractivity contribution in [3.8, 4) is 0 Å². The number of anilines is 2. The van der Waals surface area contributed by atoms with Crippen LogP contribution in [0.1, 0.15) is 6.42 Å². The highest BCUT2D eigenvalue weighted by molar-refractivity contribution is 14.0. The van der Waals surface area contributed by atoms with Gasteiger partial charge in [0.15, 0.2) is 11.1 Å². The minimum Gasteiger partial charge on any atom is -0.370 e. The summed E-state index contributed by atoms with van der Waals surface area (Å²) in [7, 11) is 0. The lowest BCUT2D eigenvalue weighted by atomic mass is 10.3. The lowest BCUT2D eigenvalue weighted by molar-refractivity contribution is -0.131. The second kappa shape index (κ2) is 11.4.